The van der Waals surface area contributed by atoms with Gasteiger partial charge in [0.2, 0.25) is 5.88 Å². The first-order chi connectivity index (χ1) is 8.00. The number of halogens is 1. The molecule has 6 heteroatoms. The summed E-state index contributed by atoms with van der Waals surface area (Å²) in [5, 5.41) is 9.86. The van der Waals surface area contributed by atoms with Gasteiger partial charge in [0.1, 0.15) is 5.82 Å². The van der Waals surface area contributed by atoms with Crippen molar-refractivity contribution < 1.29 is 9.50 Å². The highest BCUT2D eigenvalue weighted by molar-refractivity contribution is 7.71. The van der Waals surface area contributed by atoms with E-state index in [1.54, 1.807) is 0 Å². The van der Waals surface area contributed by atoms with Gasteiger partial charge in [-0.2, -0.15) is 0 Å². The van der Waals surface area contributed by atoms with Crippen LogP contribution in [0.15, 0.2) is 29.1 Å². The molecule has 0 fully saturated rings. The smallest absolute Gasteiger partial charge is 0.258 e. The maximum absolute atomic E-state index is 12.8. The molecule has 1 aromatic heterocycles. The molecule has 0 spiro atoms. The fourth-order valence-corrected chi connectivity index (χ4v) is 1.73. The summed E-state index contributed by atoms with van der Waals surface area (Å²) in [7, 11) is 0. The maximum atomic E-state index is 12.8. The predicted octanol–water partition coefficient (Wildman–Crippen LogP) is 2.05. The maximum Gasteiger partial charge on any atom is 0.258 e. The van der Waals surface area contributed by atoms with Gasteiger partial charge in [-0.05, 0) is 43.4 Å². The summed E-state index contributed by atoms with van der Waals surface area (Å²) in [6.07, 6.45) is 0. The van der Waals surface area contributed by atoms with Crippen molar-refractivity contribution in [1.29, 1.82) is 0 Å². The van der Waals surface area contributed by atoms with E-state index in [2.05, 4.69) is 4.98 Å². The molecule has 0 unspecified atom stereocenters. The second-order valence-electron chi connectivity index (χ2n) is 3.52. The highest BCUT2D eigenvalue weighted by Gasteiger charge is 2.09. The van der Waals surface area contributed by atoms with E-state index >= 15 is 0 Å². The monoisotopic (exact) mass is 252 g/mol. The summed E-state index contributed by atoms with van der Waals surface area (Å²) >= 11 is 4.96. The molecule has 0 aliphatic carbocycles. The molecular formula is C11H9FN2O2S. The number of hydrogen-bond acceptors (Lipinski definition) is 3. The number of nitrogens with zero attached hydrogens (tertiary/aromatic N) is 1. The Balaban J connectivity index is 2.76. The summed E-state index contributed by atoms with van der Waals surface area (Å²) in [6, 6.07) is 5.42. The Morgan fingerprint density at radius 3 is 2.53 bits per heavy atom. The molecule has 0 radical (unpaired) electrons. The fourth-order valence-electron chi connectivity index (χ4n) is 1.44. The Morgan fingerprint density at radius 2 is 1.94 bits per heavy atom. The van der Waals surface area contributed by atoms with Gasteiger partial charge in [-0.15, -0.1) is 0 Å². The van der Waals surface area contributed by atoms with Crippen molar-refractivity contribution in [1.82, 2.24) is 9.55 Å². The molecule has 88 valence electrons. The summed E-state index contributed by atoms with van der Waals surface area (Å²) in [4.78, 5) is 13.8. The first-order valence-electron chi connectivity index (χ1n) is 4.81. The topological polar surface area (TPSA) is 58.0 Å². The highest BCUT2D eigenvalue weighted by Crippen LogP contribution is 2.18. The lowest BCUT2D eigenvalue weighted by Crippen LogP contribution is -2.15. The quantitative estimate of drug-likeness (QED) is 0.764. The van der Waals surface area contributed by atoms with Gasteiger partial charge >= 0.3 is 0 Å². The van der Waals surface area contributed by atoms with E-state index in [1.807, 2.05) is 0 Å². The highest BCUT2D eigenvalue weighted by atomic mass is 32.1. The zero-order chi connectivity index (χ0) is 12.6. The molecule has 0 saturated carbocycles. The van der Waals surface area contributed by atoms with Crippen molar-refractivity contribution in [2.24, 2.45) is 0 Å². The number of aromatic amines is 1. The van der Waals surface area contributed by atoms with E-state index in [1.165, 1.54) is 35.8 Å². The predicted molar refractivity (Wildman–Crippen MR) is 63.6 cm³/mol. The van der Waals surface area contributed by atoms with Crippen molar-refractivity contribution in [3.63, 3.8) is 0 Å². The van der Waals surface area contributed by atoms with Crippen LogP contribution in [0.4, 0.5) is 4.39 Å². The van der Waals surface area contributed by atoms with Gasteiger partial charge in [-0.25, -0.2) is 4.39 Å². The van der Waals surface area contributed by atoms with Crippen LogP contribution in [-0.2, 0) is 0 Å². The molecule has 2 rings (SSSR count). The Morgan fingerprint density at radius 1 is 1.35 bits per heavy atom. The molecular weight excluding hydrogens is 243 g/mol. The van der Waals surface area contributed by atoms with E-state index in [4.69, 9.17) is 12.2 Å². The van der Waals surface area contributed by atoms with Crippen LogP contribution >= 0.6 is 12.2 Å². The largest absolute Gasteiger partial charge is 0.494 e. The van der Waals surface area contributed by atoms with Gasteiger partial charge in [0, 0.05) is 0 Å². The summed E-state index contributed by atoms with van der Waals surface area (Å²) in [5.41, 5.74) is 0.196. The number of aromatic nitrogens is 2. The van der Waals surface area contributed by atoms with Gasteiger partial charge in [0.25, 0.3) is 5.56 Å². The van der Waals surface area contributed by atoms with E-state index in [9.17, 15) is 14.3 Å². The second kappa shape index (κ2) is 4.14. The number of aromatic hydroxyl groups is 1. The Bertz CT molecular complexity index is 673. The van der Waals surface area contributed by atoms with Crippen LogP contribution in [-0.4, -0.2) is 14.7 Å². The molecule has 0 aliphatic heterocycles. The number of nitrogens with one attached hydrogen (secondary N) is 1. The zero-order valence-corrected chi connectivity index (χ0v) is 9.71. The molecule has 2 N–H and O–H groups in total. The Kier molecular flexibility index (Phi) is 2.81. The third-order valence-electron chi connectivity index (χ3n) is 2.40. The van der Waals surface area contributed by atoms with Crippen molar-refractivity contribution in [3.05, 3.63) is 50.8 Å². The van der Waals surface area contributed by atoms with E-state index < -0.39 is 5.56 Å². The second-order valence-corrected chi connectivity index (χ2v) is 3.91. The zero-order valence-electron chi connectivity index (χ0n) is 8.90. The van der Waals surface area contributed by atoms with E-state index in [0.717, 1.165) is 0 Å². The molecule has 17 heavy (non-hydrogen) atoms. The molecule has 2 aromatic rings. The SMILES string of the molecule is Cc1c(O)n(-c2ccc(F)cc2)c(=S)[nH]c1=O. The van der Waals surface area contributed by atoms with Crippen LogP contribution in [0.1, 0.15) is 5.56 Å². The Hall–Kier alpha value is -1.95. The molecule has 0 saturated heterocycles. The third kappa shape index (κ3) is 1.99. The average Bonchev–Trinajstić information content (AvgIpc) is 2.29. The lowest BCUT2D eigenvalue weighted by molar-refractivity contribution is 0.428. The van der Waals surface area contributed by atoms with Crippen molar-refractivity contribution in [2.75, 3.05) is 0 Å². The minimum atomic E-state index is -0.439. The number of H-pyrrole nitrogens is 1. The number of rotatable bonds is 1. The van der Waals surface area contributed by atoms with Crippen molar-refractivity contribution in [2.45, 2.75) is 6.92 Å². The van der Waals surface area contributed by atoms with Crippen LogP contribution in [0.3, 0.4) is 0 Å². The van der Waals surface area contributed by atoms with E-state index in [-0.39, 0.29) is 22.0 Å². The standard InChI is InChI=1S/C11H9FN2O2S/c1-6-9(15)13-11(17)14(10(6)16)8-4-2-7(12)3-5-8/h2-5,16H,1H3,(H,13,15,17). The summed E-state index contributed by atoms with van der Waals surface area (Å²) in [6.45, 7) is 1.48. The lowest BCUT2D eigenvalue weighted by atomic mass is 10.3. The molecule has 4 nitrogen and oxygen atoms in total. The van der Waals surface area contributed by atoms with Gasteiger partial charge in [-0.3, -0.25) is 14.3 Å². The van der Waals surface area contributed by atoms with Crippen molar-refractivity contribution in [3.8, 4) is 11.6 Å². The fraction of sp³-hybridized carbons (Fsp3) is 0.0909. The van der Waals surface area contributed by atoms with Crippen LogP contribution < -0.4 is 5.56 Å². The van der Waals surface area contributed by atoms with Gasteiger partial charge in [0.15, 0.2) is 4.77 Å². The molecule has 1 heterocycles. The molecule has 0 aliphatic rings. The molecule has 1 aromatic carbocycles. The minimum Gasteiger partial charge on any atom is -0.494 e. The third-order valence-corrected chi connectivity index (χ3v) is 2.68. The minimum absolute atomic E-state index is 0.0599. The van der Waals surface area contributed by atoms with Gasteiger partial charge < -0.3 is 5.11 Å². The van der Waals surface area contributed by atoms with Gasteiger partial charge in [-0.1, -0.05) is 0 Å². The Labute approximate surface area is 101 Å². The number of hydrogen-bond donors (Lipinski definition) is 2. The average molecular weight is 252 g/mol. The molecule has 0 amide bonds. The molecule has 0 atom stereocenters. The summed E-state index contributed by atoms with van der Waals surface area (Å²) < 4.78 is 14.1. The first-order valence-corrected chi connectivity index (χ1v) is 5.22. The van der Waals surface area contributed by atoms with E-state index in [0.29, 0.717) is 5.69 Å². The van der Waals surface area contributed by atoms with Crippen molar-refractivity contribution >= 4 is 12.2 Å². The lowest BCUT2D eigenvalue weighted by Gasteiger charge is -2.10. The van der Waals surface area contributed by atoms with Crippen LogP contribution in [0.25, 0.3) is 5.69 Å². The van der Waals surface area contributed by atoms with Crippen LogP contribution in [0.2, 0.25) is 0 Å². The first kappa shape index (κ1) is 11.5. The van der Waals surface area contributed by atoms with Gasteiger partial charge in [0.05, 0.1) is 11.3 Å². The number of benzene rings is 1. The van der Waals surface area contributed by atoms with Crippen LogP contribution in [0.5, 0.6) is 5.88 Å². The molecule has 0 bridgehead atoms. The normalized spacial score (nSPS) is 10.5. The van der Waals surface area contributed by atoms with Crippen LogP contribution in [0, 0.1) is 17.5 Å². The summed E-state index contributed by atoms with van der Waals surface area (Å²) in [5.74, 6) is -0.633.